The third-order valence-corrected chi connectivity index (χ3v) is 8.72. The number of ether oxygens (including phenoxy) is 2. The minimum Gasteiger partial charge on any atom is -0.504 e. The van der Waals surface area contributed by atoms with Crippen LogP contribution < -0.4 is 36.1 Å². The number of hydrogen-bond donors (Lipinski definition) is 8. The van der Waals surface area contributed by atoms with E-state index in [0.29, 0.717) is 5.69 Å². The number of rotatable bonds is 15. The van der Waals surface area contributed by atoms with Gasteiger partial charge in [-0.2, -0.15) is 5.26 Å². The number of amides is 5. The summed E-state index contributed by atoms with van der Waals surface area (Å²) >= 11 is 0. The molecule has 8 N–H and O–H groups in total. The van der Waals surface area contributed by atoms with Gasteiger partial charge in [0.1, 0.15) is 11.6 Å². The van der Waals surface area contributed by atoms with E-state index in [-0.39, 0.29) is 56.5 Å². The Labute approximate surface area is 344 Å². The summed E-state index contributed by atoms with van der Waals surface area (Å²) in [5.74, 6) is -7.01. The zero-order valence-electron chi connectivity index (χ0n) is 31.8. The normalized spacial score (nSPS) is 10.8. The Morgan fingerprint density at radius 3 is 1.57 bits per heavy atom. The van der Waals surface area contributed by atoms with Crippen molar-refractivity contribution in [2.75, 3.05) is 35.5 Å². The molecule has 0 fully saturated rings. The molecule has 61 heavy (non-hydrogen) atoms. The maximum absolute atomic E-state index is 13.2. The highest BCUT2D eigenvalue weighted by molar-refractivity contribution is 6.10. The number of anilines is 4. The third-order valence-electron chi connectivity index (χ3n) is 8.72. The zero-order chi connectivity index (χ0) is 44.4. The van der Waals surface area contributed by atoms with Gasteiger partial charge in [-0.15, -0.1) is 0 Å². The molecule has 5 amide bonds. The Balaban J connectivity index is 1.19. The van der Waals surface area contributed by atoms with Crippen LogP contribution in [0.1, 0.15) is 58.2 Å². The number of nitrogens with one attached hydrogen (secondary N) is 5. The van der Waals surface area contributed by atoms with E-state index in [1.807, 2.05) is 6.07 Å². The van der Waals surface area contributed by atoms with Crippen LogP contribution in [-0.2, 0) is 4.79 Å². The fourth-order valence-electron chi connectivity index (χ4n) is 5.61. The molecule has 0 heterocycles. The molecule has 0 aliphatic rings. The Bertz CT molecular complexity index is 2590. The number of carboxylic acids is 1. The van der Waals surface area contributed by atoms with E-state index < -0.39 is 70.0 Å². The first-order valence-corrected chi connectivity index (χ1v) is 17.6. The number of nitro groups is 1. The number of carbonyl (C=O) groups is 6. The van der Waals surface area contributed by atoms with Crippen molar-refractivity contribution in [1.29, 1.82) is 5.26 Å². The monoisotopic (exact) mass is 831 g/mol. The number of carbonyl (C=O) groups excluding carboxylic acids is 5. The van der Waals surface area contributed by atoms with Crippen molar-refractivity contribution in [1.82, 2.24) is 5.32 Å². The molecule has 0 spiro atoms. The number of nitro benzene ring substituents is 1. The van der Waals surface area contributed by atoms with Gasteiger partial charge in [0.05, 0.1) is 48.6 Å². The number of nitriles is 1. The molecule has 20 heteroatoms. The SMILES string of the molecule is COc1c(NC(=O)c2ccc(NC(=O)c3ccc(NC(=O)[C@H](CC#N)NC(=O)c4ccc(NC(=O)c5ccc([N+](=O)[O-])cc5)cc4)cc3)c(OC)c2O)ccc(C(=O)O)c1O. The van der Waals surface area contributed by atoms with Crippen LogP contribution in [0.15, 0.2) is 97.1 Å². The number of phenols is 2. The van der Waals surface area contributed by atoms with Gasteiger partial charge in [0.25, 0.3) is 29.3 Å². The highest BCUT2D eigenvalue weighted by Gasteiger charge is 2.25. The molecule has 0 unspecified atom stereocenters. The molecule has 0 aliphatic heterocycles. The minimum absolute atomic E-state index is 0.0308. The number of aromatic carboxylic acids is 1. The highest BCUT2D eigenvalue weighted by Crippen LogP contribution is 2.40. The summed E-state index contributed by atoms with van der Waals surface area (Å²) in [6, 6.07) is 21.3. The largest absolute Gasteiger partial charge is 0.504 e. The van der Waals surface area contributed by atoms with Crippen molar-refractivity contribution in [3.05, 3.63) is 135 Å². The van der Waals surface area contributed by atoms with Gasteiger partial charge in [-0.25, -0.2) is 4.79 Å². The van der Waals surface area contributed by atoms with Gasteiger partial charge in [0.15, 0.2) is 23.0 Å². The lowest BCUT2D eigenvalue weighted by molar-refractivity contribution is -0.384. The molecule has 0 saturated heterocycles. The number of methoxy groups -OCH3 is 2. The van der Waals surface area contributed by atoms with E-state index in [4.69, 9.17) is 9.47 Å². The molecule has 310 valence electrons. The minimum atomic E-state index is -1.43. The number of benzene rings is 5. The van der Waals surface area contributed by atoms with Crippen molar-refractivity contribution >= 4 is 63.9 Å². The van der Waals surface area contributed by atoms with Crippen LogP contribution in [0.3, 0.4) is 0 Å². The number of aromatic hydroxyl groups is 2. The van der Waals surface area contributed by atoms with Gasteiger partial charge in [0, 0.05) is 40.2 Å². The van der Waals surface area contributed by atoms with Crippen LogP contribution in [0.25, 0.3) is 0 Å². The summed E-state index contributed by atoms with van der Waals surface area (Å²) in [6.45, 7) is 0. The fourth-order valence-corrected chi connectivity index (χ4v) is 5.61. The second-order valence-electron chi connectivity index (χ2n) is 12.6. The van der Waals surface area contributed by atoms with Crippen LogP contribution in [0.2, 0.25) is 0 Å². The van der Waals surface area contributed by atoms with E-state index in [1.165, 1.54) is 98.1 Å². The fraction of sp³-hybridized carbons (Fsp3) is 0.0976. The van der Waals surface area contributed by atoms with Gasteiger partial charge in [0.2, 0.25) is 5.91 Å². The quantitative estimate of drug-likeness (QED) is 0.0501. The van der Waals surface area contributed by atoms with Crippen molar-refractivity contribution in [3.63, 3.8) is 0 Å². The van der Waals surface area contributed by atoms with Crippen LogP contribution >= 0.6 is 0 Å². The molecular weight excluding hydrogens is 798 g/mol. The van der Waals surface area contributed by atoms with Crippen LogP contribution in [0, 0.1) is 21.4 Å². The number of nitrogens with zero attached hydrogens (tertiary/aromatic N) is 2. The van der Waals surface area contributed by atoms with Gasteiger partial charge in [-0.3, -0.25) is 34.1 Å². The second-order valence-corrected chi connectivity index (χ2v) is 12.6. The molecular formula is C41H33N7O13. The number of carboxylic acid groups (broad SMARTS) is 1. The van der Waals surface area contributed by atoms with Crippen molar-refractivity contribution < 1.29 is 58.5 Å². The average Bonchev–Trinajstić information content (AvgIpc) is 3.24. The van der Waals surface area contributed by atoms with Gasteiger partial charge in [-0.05, 0) is 84.9 Å². The molecule has 0 saturated carbocycles. The summed E-state index contributed by atoms with van der Waals surface area (Å²) in [5, 5.41) is 63.3. The predicted octanol–water partition coefficient (Wildman–Crippen LogP) is 5.13. The van der Waals surface area contributed by atoms with Crippen LogP contribution in [-0.4, -0.2) is 76.0 Å². The average molecular weight is 832 g/mol. The van der Waals surface area contributed by atoms with Gasteiger partial charge < -0.3 is 51.4 Å². The van der Waals surface area contributed by atoms with E-state index in [2.05, 4.69) is 26.6 Å². The lowest BCUT2D eigenvalue weighted by atomic mass is 10.1. The zero-order valence-corrected chi connectivity index (χ0v) is 31.8. The molecule has 0 bridgehead atoms. The first-order valence-electron chi connectivity index (χ1n) is 17.6. The summed E-state index contributed by atoms with van der Waals surface area (Å²) in [4.78, 5) is 86.5. The van der Waals surface area contributed by atoms with Crippen LogP contribution in [0.5, 0.6) is 23.0 Å². The molecule has 0 radical (unpaired) electrons. The lowest BCUT2D eigenvalue weighted by Gasteiger charge is -2.17. The van der Waals surface area contributed by atoms with Crippen molar-refractivity contribution in [3.8, 4) is 29.1 Å². The summed E-state index contributed by atoms with van der Waals surface area (Å²) < 4.78 is 10.3. The maximum Gasteiger partial charge on any atom is 0.339 e. The predicted molar refractivity (Wildman–Crippen MR) is 216 cm³/mol. The van der Waals surface area contributed by atoms with E-state index in [9.17, 15) is 59.5 Å². The Kier molecular flexibility index (Phi) is 13.4. The second kappa shape index (κ2) is 19.0. The van der Waals surface area contributed by atoms with Gasteiger partial charge >= 0.3 is 5.97 Å². The summed E-state index contributed by atoms with van der Waals surface area (Å²) in [6.07, 6.45) is -0.395. The molecule has 5 rings (SSSR count). The molecule has 5 aromatic rings. The molecule has 5 aromatic carbocycles. The first kappa shape index (κ1) is 43.1. The van der Waals surface area contributed by atoms with Crippen molar-refractivity contribution in [2.24, 2.45) is 0 Å². The van der Waals surface area contributed by atoms with Crippen LogP contribution in [0.4, 0.5) is 28.4 Å². The summed E-state index contributed by atoms with van der Waals surface area (Å²) in [7, 11) is 2.33. The highest BCUT2D eigenvalue weighted by atomic mass is 16.6. The first-order chi connectivity index (χ1) is 29.1. The smallest absolute Gasteiger partial charge is 0.339 e. The Morgan fingerprint density at radius 2 is 1.08 bits per heavy atom. The number of phenolic OH excluding ortho intramolecular Hbond substituents is 1. The molecule has 20 nitrogen and oxygen atoms in total. The molecule has 1 atom stereocenters. The topological polar surface area (TPSA) is 309 Å². The lowest BCUT2D eigenvalue weighted by Crippen LogP contribution is -2.43. The number of non-ortho nitro benzene ring substituents is 1. The number of hydrogen-bond acceptors (Lipinski definition) is 13. The molecule has 0 aromatic heterocycles. The van der Waals surface area contributed by atoms with E-state index in [0.717, 1.165) is 13.2 Å². The third kappa shape index (κ3) is 10.1. The molecule has 0 aliphatic carbocycles. The Morgan fingerprint density at radius 1 is 0.639 bits per heavy atom. The van der Waals surface area contributed by atoms with Gasteiger partial charge in [-0.1, -0.05) is 0 Å². The van der Waals surface area contributed by atoms with E-state index >= 15 is 0 Å². The maximum atomic E-state index is 13.2. The van der Waals surface area contributed by atoms with Crippen molar-refractivity contribution in [2.45, 2.75) is 12.5 Å². The standard InChI is InChI=1S/C41H33N7O13/c1-60-34-29(17-15-27(32(34)49)39(54)46-30-18-16-28(41(56)57)33(50)35(30)61-2)45-37(52)21-5-11-25(12-6-21)44-40(55)31(19-20-42)47-38(53)22-3-9-24(10-4-22)43-36(51)23-7-13-26(14-8-23)48(58)59/h3-18,31,49-50H,19H2,1-2H3,(H,43,51)(H,44,55)(H,45,52)(H,46,54)(H,47,53)(H,56,57)/t31-/m0/s1. The Hall–Kier alpha value is -8.99. The summed E-state index contributed by atoms with van der Waals surface area (Å²) in [5.41, 5.74) is -0.209. The van der Waals surface area contributed by atoms with E-state index in [1.54, 1.807) is 0 Å².